The van der Waals surface area contributed by atoms with Crippen molar-refractivity contribution in [1.29, 1.82) is 0 Å². The standard InChI is InChI=1S/C13H15N5OS/c19-13-4-10-2-1-3-11(10)15-18(13)8-9-6-17(7-9)12-5-14-20-16-12/h4-5,9H,1-3,6-8H2. The summed E-state index contributed by atoms with van der Waals surface area (Å²) < 4.78 is 9.87. The van der Waals surface area contributed by atoms with Crippen LogP contribution in [-0.4, -0.2) is 31.6 Å². The van der Waals surface area contributed by atoms with E-state index in [9.17, 15) is 4.79 Å². The van der Waals surface area contributed by atoms with Crippen LogP contribution in [0.5, 0.6) is 0 Å². The molecule has 0 N–H and O–H groups in total. The minimum Gasteiger partial charge on any atom is -0.354 e. The molecule has 2 aliphatic rings. The maximum absolute atomic E-state index is 12.0. The second-order valence-electron chi connectivity index (χ2n) is 5.53. The van der Waals surface area contributed by atoms with Gasteiger partial charge in [-0.3, -0.25) is 4.79 Å². The minimum atomic E-state index is 0.0411. The Labute approximate surface area is 120 Å². The first-order valence-corrected chi connectivity index (χ1v) is 7.65. The van der Waals surface area contributed by atoms with Crippen LogP contribution in [0.15, 0.2) is 17.1 Å². The van der Waals surface area contributed by atoms with Crippen LogP contribution in [0.3, 0.4) is 0 Å². The summed E-state index contributed by atoms with van der Waals surface area (Å²) in [5, 5.41) is 4.52. The van der Waals surface area contributed by atoms with Gasteiger partial charge in [0.1, 0.15) is 0 Å². The Balaban J connectivity index is 1.45. The van der Waals surface area contributed by atoms with Gasteiger partial charge >= 0.3 is 0 Å². The third-order valence-corrected chi connectivity index (χ3v) is 4.55. The van der Waals surface area contributed by atoms with Crippen LogP contribution in [0.2, 0.25) is 0 Å². The highest BCUT2D eigenvalue weighted by Gasteiger charge is 2.29. The average molecular weight is 289 g/mol. The predicted octanol–water partition coefficient (Wildman–Crippen LogP) is 0.720. The van der Waals surface area contributed by atoms with Crippen molar-refractivity contribution in [2.75, 3.05) is 18.0 Å². The van der Waals surface area contributed by atoms with Gasteiger partial charge in [-0.25, -0.2) is 4.68 Å². The van der Waals surface area contributed by atoms with Crippen molar-refractivity contribution in [2.24, 2.45) is 5.92 Å². The summed E-state index contributed by atoms with van der Waals surface area (Å²) in [6.45, 7) is 2.56. The van der Waals surface area contributed by atoms with Gasteiger partial charge in [-0.2, -0.15) is 13.8 Å². The van der Waals surface area contributed by atoms with Crippen molar-refractivity contribution in [3.05, 3.63) is 33.9 Å². The molecule has 0 aromatic carbocycles. The highest BCUT2D eigenvalue weighted by Crippen LogP contribution is 2.24. The largest absolute Gasteiger partial charge is 0.354 e. The van der Waals surface area contributed by atoms with Crippen molar-refractivity contribution in [1.82, 2.24) is 18.5 Å². The van der Waals surface area contributed by atoms with E-state index in [0.29, 0.717) is 12.5 Å². The van der Waals surface area contributed by atoms with Gasteiger partial charge in [0.15, 0.2) is 5.82 Å². The van der Waals surface area contributed by atoms with Crippen molar-refractivity contribution in [3.63, 3.8) is 0 Å². The maximum Gasteiger partial charge on any atom is 0.267 e. The summed E-state index contributed by atoms with van der Waals surface area (Å²) in [5.41, 5.74) is 2.30. The van der Waals surface area contributed by atoms with E-state index in [2.05, 4.69) is 18.7 Å². The molecule has 1 saturated heterocycles. The fourth-order valence-corrected chi connectivity index (χ4v) is 3.42. The Hall–Kier alpha value is -1.76. The number of nitrogens with zero attached hydrogens (tertiary/aromatic N) is 5. The number of hydrogen-bond donors (Lipinski definition) is 0. The van der Waals surface area contributed by atoms with Gasteiger partial charge in [-0.1, -0.05) is 0 Å². The lowest BCUT2D eigenvalue weighted by molar-refractivity contribution is 0.332. The van der Waals surface area contributed by atoms with E-state index in [0.717, 1.165) is 49.4 Å². The van der Waals surface area contributed by atoms with Crippen molar-refractivity contribution in [2.45, 2.75) is 25.8 Å². The van der Waals surface area contributed by atoms with Crippen LogP contribution in [0.25, 0.3) is 0 Å². The minimum absolute atomic E-state index is 0.0411. The molecule has 0 unspecified atom stereocenters. The molecule has 0 spiro atoms. The summed E-state index contributed by atoms with van der Waals surface area (Å²) in [7, 11) is 0. The lowest BCUT2D eigenvalue weighted by Crippen LogP contribution is -2.50. The van der Waals surface area contributed by atoms with Gasteiger partial charge in [0, 0.05) is 25.1 Å². The van der Waals surface area contributed by atoms with Gasteiger partial charge in [0.05, 0.1) is 30.2 Å². The zero-order valence-electron chi connectivity index (χ0n) is 11.0. The van der Waals surface area contributed by atoms with Crippen LogP contribution < -0.4 is 10.5 Å². The lowest BCUT2D eigenvalue weighted by atomic mass is 10.0. The molecular weight excluding hydrogens is 274 g/mol. The van der Waals surface area contributed by atoms with Gasteiger partial charge in [0.25, 0.3) is 5.56 Å². The number of fused-ring (bicyclic) bond motifs is 1. The highest BCUT2D eigenvalue weighted by atomic mass is 32.1. The number of aromatic nitrogens is 4. The predicted molar refractivity (Wildman–Crippen MR) is 76.1 cm³/mol. The van der Waals surface area contributed by atoms with E-state index in [-0.39, 0.29) is 5.56 Å². The fourth-order valence-electron chi connectivity index (χ4n) is 2.99. The molecule has 2 aromatic heterocycles. The first-order valence-electron chi connectivity index (χ1n) is 6.92. The van der Waals surface area contributed by atoms with Gasteiger partial charge in [-0.15, -0.1) is 0 Å². The average Bonchev–Trinajstić information content (AvgIpc) is 3.03. The number of rotatable bonds is 3. The summed E-state index contributed by atoms with van der Waals surface area (Å²) in [4.78, 5) is 14.2. The number of aryl methyl sites for hydroxylation is 2. The number of hydrogen-bond acceptors (Lipinski definition) is 6. The monoisotopic (exact) mass is 289 g/mol. The van der Waals surface area contributed by atoms with E-state index < -0.39 is 0 Å². The zero-order chi connectivity index (χ0) is 13.5. The Morgan fingerprint density at radius 3 is 3.05 bits per heavy atom. The molecule has 1 aliphatic carbocycles. The van der Waals surface area contributed by atoms with Crippen LogP contribution in [0.1, 0.15) is 17.7 Å². The van der Waals surface area contributed by atoms with Gasteiger partial charge in [-0.05, 0) is 24.8 Å². The van der Waals surface area contributed by atoms with Crippen molar-refractivity contribution >= 4 is 17.5 Å². The fraction of sp³-hybridized carbons (Fsp3) is 0.538. The molecule has 0 amide bonds. The third kappa shape index (κ3) is 2.02. The molecule has 0 radical (unpaired) electrons. The molecule has 4 rings (SSSR count). The van der Waals surface area contributed by atoms with Crippen LogP contribution in [0, 0.1) is 5.92 Å². The molecular formula is C13H15N5OS. The third-order valence-electron chi connectivity index (χ3n) is 4.09. The normalized spacial score (nSPS) is 18.1. The van der Waals surface area contributed by atoms with E-state index >= 15 is 0 Å². The summed E-state index contributed by atoms with van der Waals surface area (Å²) >= 11 is 1.23. The van der Waals surface area contributed by atoms with Crippen LogP contribution >= 0.6 is 11.7 Å². The molecule has 1 fully saturated rings. The Morgan fingerprint density at radius 2 is 2.25 bits per heavy atom. The van der Waals surface area contributed by atoms with E-state index in [1.165, 1.54) is 11.7 Å². The molecule has 2 aromatic rings. The van der Waals surface area contributed by atoms with Crippen LogP contribution in [-0.2, 0) is 19.4 Å². The Bertz CT molecular complexity index is 675. The maximum atomic E-state index is 12.0. The molecule has 20 heavy (non-hydrogen) atoms. The molecule has 7 heteroatoms. The number of anilines is 1. The Morgan fingerprint density at radius 1 is 1.35 bits per heavy atom. The molecule has 0 bridgehead atoms. The second kappa shape index (κ2) is 4.66. The lowest BCUT2D eigenvalue weighted by Gasteiger charge is -2.39. The smallest absolute Gasteiger partial charge is 0.267 e. The van der Waals surface area contributed by atoms with Gasteiger partial charge < -0.3 is 4.90 Å². The highest BCUT2D eigenvalue weighted by molar-refractivity contribution is 6.99. The van der Waals surface area contributed by atoms with E-state index in [4.69, 9.17) is 0 Å². The van der Waals surface area contributed by atoms with Gasteiger partial charge in [0.2, 0.25) is 0 Å². The Kier molecular flexibility index (Phi) is 2.80. The molecule has 0 atom stereocenters. The molecule has 1 aliphatic heterocycles. The van der Waals surface area contributed by atoms with Crippen molar-refractivity contribution in [3.8, 4) is 0 Å². The molecule has 104 valence electrons. The SMILES string of the molecule is O=c1cc2c(nn1CC1CN(c3cnsn3)C1)CCC2. The topological polar surface area (TPSA) is 63.9 Å². The summed E-state index contributed by atoms with van der Waals surface area (Å²) in [6, 6.07) is 1.77. The zero-order valence-corrected chi connectivity index (χ0v) is 11.8. The quantitative estimate of drug-likeness (QED) is 0.833. The van der Waals surface area contributed by atoms with Crippen molar-refractivity contribution < 1.29 is 0 Å². The first-order chi connectivity index (χ1) is 9.79. The van der Waals surface area contributed by atoms with E-state index in [1.54, 1.807) is 16.9 Å². The van der Waals surface area contributed by atoms with E-state index in [1.807, 2.05) is 0 Å². The first kappa shape index (κ1) is 12.0. The summed E-state index contributed by atoms with van der Waals surface area (Å²) in [6.07, 6.45) is 4.93. The molecule has 6 nitrogen and oxygen atoms in total. The van der Waals surface area contributed by atoms with Crippen LogP contribution in [0.4, 0.5) is 5.82 Å². The molecule has 3 heterocycles. The second-order valence-corrected chi connectivity index (χ2v) is 6.08. The molecule has 0 saturated carbocycles. The summed E-state index contributed by atoms with van der Waals surface area (Å²) in [5.74, 6) is 1.42.